The van der Waals surface area contributed by atoms with Gasteiger partial charge in [-0.05, 0) is 25.5 Å². The molecule has 2 N–H and O–H groups in total. The van der Waals surface area contributed by atoms with E-state index in [0.717, 1.165) is 29.0 Å². The summed E-state index contributed by atoms with van der Waals surface area (Å²) in [4.78, 5) is 8.39. The molecule has 0 aliphatic rings. The van der Waals surface area contributed by atoms with E-state index in [2.05, 4.69) is 9.97 Å². The van der Waals surface area contributed by atoms with E-state index in [1.165, 1.54) is 6.33 Å². The molecule has 0 radical (unpaired) electrons. The Morgan fingerprint density at radius 1 is 1.17 bits per heavy atom. The first kappa shape index (κ1) is 12.4. The van der Waals surface area contributed by atoms with Gasteiger partial charge in [-0.1, -0.05) is 19.1 Å². The molecule has 94 valence electrons. The van der Waals surface area contributed by atoms with Gasteiger partial charge in [0.25, 0.3) is 0 Å². The Morgan fingerprint density at radius 2 is 1.94 bits per heavy atom. The second-order valence-electron chi connectivity index (χ2n) is 3.87. The van der Waals surface area contributed by atoms with Crippen molar-refractivity contribution in [2.24, 2.45) is 0 Å². The fraction of sp³-hybridized carbons (Fsp3) is 0.286. The lowest BCUT2D eigenvalue weighted by Gasteiger charge is -2.13. The van der Waals surface area contributed by atoms with Gasteiger partial charge >= 0.3 is 0 Å². The topological polar surface area (TPSA) is 61.0 Å². The summed E-state index contributed by atoms with van der Waals surface area (Å²) in [5.41, 5.74) is 8.68. The smallest absolute Gasteiger partial charge is 0.130 e. The van der Waals surface area contributed by atoms with Crippen LogP contribution in [0.3, 0.4) is 0 Å². The fourth-order valence-corrected chi connectivity index (χ4v) is 1.95. The number of hydrogen-bond donors (Lipinski definition) is 1. The second-order valence-corrected chi connectivity index (χ2v) is 3.87. The minimum atomic E-state index is 0.536. The number of anilines is 1. The van der Waals surface area contributed by atoms with Crippen molar-refractivity contribution in [2.45, 2.75) is 20.3 Å². The molecule has 0 atom stereocenters. The third-order valence-corrected chi connectivity index (χ3v) is 2.77. The van der Waals surface area contributed by atoms with Crippen molar-refractivity contribution in [1.82, 2.24) is 9.97 Å². The van der Waals surface area contributed by atoms with Crippen LogP contribution in [-0.2, 0) is 6.42 Å². The summed E-state index contributed by atoms with van der Waals surface area (Å²) in [5.74, 6) is 1.36. The van der Waals surface area contributed by atoms with Crippen molar-refractivity contribution in [2.75, 3.05) is 12.3 Å². The molecule has 0 bridgehead atoms. The second kappa shape index (κ2) is 5.49. The van der Waals surface area contributed by atoms with Gasteiger partial charge in [0, 0.05) is 11.1 Å². The summed E-state index contributed by atoms with van der Waals surface area (Å²) in [5, 5.41) is 0. The Morgan fingerprint density at radius 3 is 2.67 bits per heavy atom. The summed E-state index contributed by atoms with van der Waals surface area (Å²) >= 11 is 0. The highest BCUT2D eigenvalue weighted by atomic mass is 16.5. The number of hydrogen-bond acceptors (Lipinski definition) is 4. The molecule has 1 heterocycles. The van der Waals surface area contributed by atoms with Gasteiger partial charge in [0.05, 0.1) is 12.3 Å². The molecule has 0 spiro atoms. The maximum atomic E-state index is 5.90. The molecular formula is C14H17N3O. The average Bonchev–Trinajstić information content (AvgIpc) is 2.39. The summed E-state index contributed by atoms with van der Waals surface area (Å²) in [6, 6.07) is 7.85. The lowest BCUT2D eigenvalue weighted by atomic mass is 10.0. The van der Waals surface area contributed by atoms with E-state index in [4.69, 9.17) is 10.5 Å². The Bertz CT molecular complexity index is 540. The monoisotopic (exact) mass is 243 g/mol. The van der Waals surface area contributed by atoms with Crippen LogP contribution in [0.2, 0.25) is 0 Å². The molecule has 0 saturated carbocycles. The van der Waals surface area contributed by atoms with E-state index >= 15 is 0 Å². The average molecular weight is 243 g/mol. The quantitative estimate of drug-likeness (QED) is 0.896. The zero-order chi connectivity index (χ0) is 13.0. The molecule has 0 fully saturated rings. The summed E-state index contributed by atoms with van der Waals surface area (Å²) in [6.45, 7) is 4.63. The highest BCUT2D eigenvalue weighted by Gasteiger charge is 2.13. The van der Waals surface area contributed by atoms with Crippen LogP contribution in [0.1, 0.15) is 19.4 Å². The molecule has 1 aromatic carbocycles. The Labute approximate surface area is 107 Å². The van der Waals surface area contributed by atoms with Crippen LogP contribution < -0.4 is 10.5 Å². The summed E-state index contributed by atoms with van der Waals surface area (Å²) in [6.07, 6.45) is 2.29. The van der Waals surface area contributed by atoms with Gasteiger partial charge < -0.3 is 10.5 Å². The molecular weight excluding hydrogens is 226 g/mol. The summed E-state index contributed by atoms with van der Waals surface area (Å²) < 4.78 is 5.63. The lowest BCUT2D eigenvalue weighted by molar-refractivity contribution is 0.341. The van der Waals surface area contributed by atoms with Crippen LogP contribution in [0.5, 0.6) is 5.75 Å². The first-order valence-electron chi connectivity index (χ1n) is 6.09. The van der Waals surface area contributed by atoms with E-state index in [1.54, 1.807) is 0 Å². The predicted molar refractivity (Wildman–Crippen MR) is 72.4 cm³/mol. The molecule has 0 aliphatic carbocycles. The van der Waals surface area contributed by atoms with Gasteiger partial charge in [-0.2, -0.15) is 0 Å². The zero-order valence-electron chi connectivity index (χ0n) is 10.7. The maximum Gasteiger partial charge on any atom is 0.130 e. The minimum Gasteiger partial charge on any atom is -0.493 e. The van der Waals surface area contributed by atoms with Crippen molar-refractivity contribution in [3.8, 4) is 17.0 Å². The largest absolute Gasteiger partial charge is 0.493 e. The highest BCUT2D eigenvalue weighted by Crippen LogP contribution is 2.32. The molecule has 0 saturated heterocycles. The van der Waals surface area contributed by atoms with E-state index in [-0.39, 0.29) is 0 Å². The van der Waals surface area contributed by atoms with Gasteiger partial charge in [-0.15, -0.1) is 0 Å². The van der Waals surface area contributed by atoms with Crippen molar-refractivity contribution >= 4 is 5.82 Å². The van der Waals surface area contributed by atoms with Crippen molar-refractivity contribution in [3.05, 3.63) is 36.2 Å². The van der Waals surface area contributed by atoms with Crippen LogP contribution in [0.15, 0.2) is 30.6 Å². The van der Waals surface area contributed by atoms with Gasteiger partial charge in [0.15, 0.2) is 0 Å². The number of rotatable bonds is 4. The number of para-hydroxylation sites is 1. The van der Waals surface area contributed by atoms with Crippen molar-refractivity contribution < 1.29 is 4.74 Å². The van der Waals surface area contributed by atoms with Crippen LogP contribution in [0.4, 0.5) is 5.82 Å². The fourth-order valence-electron chi connectivity index (χ4n) is 1.95. The SMILES string of the molecule is CCOc1ccccc1-c1ncnc(N)c1CC. The normalized spacial score (nSPS) is 10.3. The van der Waals surface area contributed by atoms with Crippen LogP contribution >= 0.6 is 0 Å². The minimum absolute atomic E-state index is 0.536. The van der Waals surface area contributed by atoms with E-state index < -0.39 is 0 Å². The number of nitrogen functional groups attached to an aromatic ring is 1. The van der Waals surface area contributed by atoms with Crippen LogP contribution in [0, 0.1) is 0 Å². The first-order chi connectivity index (χ1) is 8.77. The molecule has 0 amide bonds. The first-order valence-corrected chi connectivity index (χ1v) is 6.09. The Hall–Kier alpha value is -2.10. The Balaban J connectivity index is 2.58. The van der Waals surface area contributed by atoms with Gasteiger partial charge in [-0.3, -0.25) is 0 Å². The number of aromatic nitrogens is 2. The molecule has 0 unspecified atom stereocenters. The van der Waals surface area contributed by atoms with E-state index in [0.29, 0.717) is 12.4 Å². The summed E-state index contributed by atoms with van der Waals surface area (Å²) in [7, 11) is 0. The molecule has 2 aromatic rings. The molecule has 18 heavy (non-hydrogen) atoms. The van der Waals surface area contributed by atoms with Crippen LogP contribution in [0.25, 0.3) is 11.3 Å². The molecule has 0 aliphatic heterocycles. The molecule has 1 aromatic heterocycles. The third-order valence-electron chi connectivity index (χ3n) is 2.77. The van der Waals surface area contributed by atoms with Gasteiger partial charge in [0.1, 0.15) is 17.9 Å². The lowest BCUT2D eigenvalue weighted by Crippen LogP contribution is -2.03. The number of nitrogens with zero attached hydrogens (tertiary/aromatic N) is 2. The maximum absolute atomic E-state index is 5.90. The standard InChI is InChI=1S/C14H17N3O/c1-3-10-13(16-9-17-14(10)15)11-7-5-6-8-12(11)18-4-2/h5-9H,3-4H2,1-2H3,(H2,15,16,17). The van der Waals surface area contributed by atoms with Crippen molar-refractivity contribution in [1.29, 1.82) is 0 Å². The number of benzene rings is 1. The van der Waals surface area contributed by atoms with E-state index in [1.807, 2.05) is 38.1 Å². The molecule has 2 rings (SSSR count). The molecule has 4 nitrogen and oxygen atoms in total. The Kier molecular flexibility index (Phi) is 3.77. The molecule has 4 heteroatoms. The van der Waals surface area contributed by atoms with Gasteiger partial charge in [0.2, 0.25) is 0 Å². The van der Waals surface area contributed by atoms with Crippen molar-refractivity contribution in [3.63, 3.8) is 0 Å². The number of nitrogens with two attached hydrogens (primary N) is 1. The third kappa shape index (κ3) is 2.27. The highest BCUT2D eigenvalue weighted by molar-refractivity contribution is 5.72. The van der Waals surface area contributed by atoms with E-state index in [9.17, 15) is 0 Å². The predicted octanol–water partition coefficient (Wildman–Crippen LogP) is 2.69. The van der Waals surface area contributed by atoms with Crippen LogP contribution in [-0.4, -0.2) is 16.6 Å². The zero-order valence-corrected chi connectivity index (χ0v) is 10.7. The van der Waals surface area contributed by atoms with Gasteiger partial charge in [-0.25, -0.2) is 9.97 Å². The number of ether oxygens (including phenoxy) is 1.